The summed E-state index contributed by atoms with van der Waals surface area (Å²) < 4.78 is 31.9. The molecule has 0 N–H and O–H groups in total. The third-order valence-electron chi connectivity index (χ3n) is 2.63. The lowest BCUT2D eigenvalue weighted by Gasteiger charge is -2.20. The Labute approximate surface area is 89.1 Å². The van der Waals surface area contributed by atoms with Crippen LogP contribution in [-0.2, 0) is 5.92 Å². The minimum Gasteiger partial charge on any atom is -0.496 e. The number of hydrogen-bond acceptors (Lipinski definition) is 1. The molecule has 0 unspecified atom stereocenters. The van der Waals surface area contributed by atoms with Crippen molar-refractivity contribution in [2.75, 3.05) is 7.11 Å². The fourth-order valence-corrected chi connectivity index (χ4v) is 1.85. The average Bonchev–Trinajstić information content (AvgIpc) is 2.08. The van der Waals surface area contributed by atoms with Crippen LogP contribution in [0.3, 0.4) is 0 Å². The van der Waals surface area contributed by atoms with Crippen LogP contribution in [0.15, 0.2) is 6.07 Å². The first-order valence-corrected chi connectivity index (χ1v) is 4.82. The molecule has 3 heteroatoms. The van der Waals surface area contributed by atoms with Crippen molar-refractivity contribution >= 4 is 0 Å². The van der Waals surface area contributed by atoms with Crippen molar-refractivity contribution in [2.24, 2.45) is 0 Å². The molecule has 1 aromatic carbocycles. The lowest BCUT2D eigenvalue weighted by atomic mass is 9.95. The predicted octanol–water partition coefficient (Wildman–Crippen LogP) is 3.73. The summed E-state index contributed by atoms with van der Waals surface area (Å²) in [4.78, 5) is 0. The number of alkyl halides is 2. The molecule has 0 aliphatic heterocycles. The van der Waals surface area contributed by atoms with E-state index >= 15 is 0 Å². The highest BCUT2D eigenvalue weighted by molar-refractivity contribution is 5.51. The summed E-state index contributed by atoms with van der Waals surface area (Å²) in [6.45, 7) is 6.26. The first-order chi connectivity index (χ1) is 6.79. The van der Waals surface area contributed by atoms with Crippen molar-refractivity contribution in [3.63, 3.8) is 0 Å². The van der Waals surface area contributed by atoms with E-state index in [2.05, 4.69) is 0 Å². The van der Waals surface area contributed by atoms with Crippen molar-refractivity contribution in [1.29, 1.82) is 0 Å². The molecule has 0 aromatic heterocycles. The number of halogens is 2. The molecule has 0 saturated heterocycles. The molecule has 1 nitrogen and oxygen atoms in total. The highest BCUT2D eigenvalue weighted by Gasteiger charge is 2.31. The van der Waals surface area contributed by atoms with Gasteiger partial charge < -0.3 is 4.74 Å². The predicted molar refractivity (Wildman–Crippen MR) is 56.8 cm³/mol. The molecular weight excluding hydrogens is 198 g/mol. The van der Waals surface area contributed by atoms with Gasteiger partial charge in [-0.05, 0) is 37.5 Å². The fraction of sp³-hybridized carbons (Fsp3) is 0.500. The van der Waals surface area contributed by atoms with Crippen LogP contribution in [0.25, 0.3) is 0 Å². The smallest absolute Gasteiger partial charge is 0.274 e. The van der Waals surface area contributed by atoms with Crippen LogP contribution in [0.4, 0.5) is 8.78 Å². The van der Waals surface area contributed by atoms with E-state index < -0.39 is 5.92 Å². The second kappa shape index (κ2) is 3.80. The van der Waals surface area contributed by atoms with E-state index in [1.807, 2.05) is 6.92 Å². The summed E-state index contributed by atoms with van der Waals surface area (Å²) in [5.74, 6) is -2.56. The Kier molecular flexibility index (Phi) is 3.03. The van der Waals surface area contributed by atoms with Crippen molar-refractivity contribution in [3.05, 3.63) is 28.3 Å². The highest BCUT2D eigenvalue weighted by Crippen LogP contribution is 2.40. The molecule has 0 amide bonds. The fourth-order valence-electron chi connectivity index (χ4n) is 1.85. The zero-order valence-corrected chi connectivity index (χ0v) is 9.74. The van der Waals surface area contributed by atoms with E-state index in [0.29, 0.717) is 11.3 Å². The van der Waals surface area contributed by atoms with Crippen LogP contribution in [0.2, 0.25) is 0 Å². The van der Waals surface area contributed by atoms with Gasteiger partial charge >= 0.3 is 0 Å². The molecule has 0 saturated carbocycles. The monoisotopic (exact) mass is 214 g/mol. The van der Waals surface area contributed by atoms with Crippen LogP contribution < -0.4 is 4.74 Å². The van der Waals surface area contributed by atoms with E-state index in [4.69, 9.17) is 4.74 Å². The zero-order chi connectivity index (χ0) is 11.8. The molecule has 1 rings (SSSR count). The molecule has 0 aliphatic rings. The van der Waals surface area contributed by atoms with Gasteiger partial charge in [0.05, 0.1) is 12.7 Å². The van der Waals surface area contributed by atoms with Crippen LogP contribution in [0, 0.1) is 20.8 Å². The van der Waals surface area contributed by atoms with Gasteiger partial charge in [-0.1, -0.05) is 6.07 Å². The molecule has 0 fully saturated rings. The van der Waals surface area contributed by atoms with Crippen LogP contribution in [-0.4, -0.2) is 7.11 Å². The summed E-state index contributed by atoms with van der Waals surface area (Å²) in [7, 11) is 1.43. The third kappa shape index (κ3) is 2.11. The Hall–Kier alpha value is -1.12. The van der Waals surface area contributed by atoms with Gasteiger partial charge in [0.1, 0.15) is 5.75 Å². The standard InChI is InChI=1S/C12H16F2O/c1-7-6-8(2)10(12(4,13)14)11(15-5)9(7)3/h6H,1-5H3. The average molecular weight is 214 g/mol. The SMILES string of the molecule is COc1c(C)c(C)cc(C)c1C(C)(F)F. The number of benzene rings is 1. The van der Waals surface area contributed by atoms with Crippen LogP contribution in [0.1, 0.15) is 29.2 Å². The van der Waals surface area contributed by atoms with Crippen molar-refractivity contribution in [2.45, 2.75) is 33.6 Å². The Morgan fingerprint density at radius 1 is 1.13 bits per heavy atom. The van der Waals surface area contributed by atoms with Gasteiger partial charge in [-0.25, -0.2) is 8.78 Å². The van der Waals surface area contributed by atoms with E-state index in [1.165, 1.54) is 7.11 Å². The Balaban J connectivity index is 3.57. The molecule has 0 heterocycles. The van der Waals surface area contributed by atoms with E-state index in [1.54, 1.807) is 19.9 Å². The minimum atomic E-state index is -2.87. The molecule has 0 atom stereocenters. The van der Waals surface area contributed by atoms with Gasteiger partial charge in [0.25, 0.3) is 5.92 Å². The molecule has 1 aromatic rings. The first-order valence-electron chi connectivity index (χ1n) is 4.82. The Morgan fingerprint density at radius 2 is 1.67 bits per heavy atom. The van der Waals surface area contributed by atoms with Gasteiger partial charge in [0.15, 0.2) is 0 Å². The Bertz CT molecular complexity index is 378. The quantitative estimate of drug-likeness (QED) is 0.728. The normalized spacial score (nSPS) is 11.7. The van der Waals surface area contributed by atoms with Crippen molar-refractivity contribution in [3.8, 4) is 5.75 Å². The third-order valence-corrected chi connectivity index (χ3v) is 2.63. The van der Waals surface area contributed by atoms with Gasteiger partial charge in [-0.3, -0.25) is 0 Å². The van der Waals surface area contributed by atoms with E-state index in [0.717, 1.165) is 18.1 Å². The molecular formula is C12H16F2O. The molecule has 0 spiro atoms. The number of methoxy groups -OCH3 is 1. The van der Waals surface area contributed by atoms with E-state index in [-0.39, 0.29) is 5.56 Å². The van der Waals surface area contributed by atoms with Gasteiger partial charge in [0, 0.05) is 6.92 Å². The zero-order valence-electron chi connectivity index (χ0n) is 9.74. The topological polar surface area (TPSA) is 9.23 Å². The summed E-state index contributed by atoms with van der Waals surface area (Å²) in [5.41, 5.74) is 2.31. The summed E-state index contributed by atoms with van der Waals surface area (Å²) >= 11 is 0. The second-order valence-corrected chi connectivity index (χ2v) is 3.93. The molecule has 0 radical (unpaired) electrons. The van der Waals surface area contributed by atoms with Crippen LogP contribution in [0.5, 0.6) is 5.75 Å². The number of hydrogen-bond donors (Lipinski definition) is 0. The molecule has 0 bridgehead atoms. The largest absolute Gasteiger partial charge is 0.496 e. The number of aryl methyl sites for hydroxylation is 2. The van der Waals surface area contributed by atoms with Gasteiger partial charge in [-0.15, -0.1) is 0 Å². The lowest BCUT2D eigenvalue weighted by molar-refractivity contribution is 0.0143. The maximum Gasteiger partial charge on any atom is 0.274 e. The van der Waals surface area contributed by atoms with Gasteiger partial charge in [-0.2, -0.15) is 0 Å². The molecule has 15 heavy (non-hydrogen) atoms. The maximum atomic E-state index is 13.4. The first kappa shape index (κ1) is 12.0. The molecule has 84 valence electrons. The van der Waals surface area contributed by atoms with Gasteiger partial charge in [0.2, 0.25) is 0 Å². The summed E-state index contributed by atoms with van der Waals surface area (Å²) in [6.07, 6.45) is 0. The van der Waals surface area contributed by atoms with Crippen LogP contribution >= 0.6 is 0 Å². The molecule has 0 aliphatic carbocycles. The summed E-state index contributed by atoms with van der Waals surface area (Å²) in [5, 5.41) is 0. The number of ether oxygens (including phenoxy) is 1. The summed E-state index contributed by atoms with van der Waals surface area (Å²) in [6, 6.07) is 1.77. The van der Waals surface area contributed by atoms with E-state index in [9.17, 15) is 8.78 Å². The minimum absolute atomic E-state index is 0.00639. The van der Waals surface area contributed by atoms with Crippen molar-refractivity contribution in [1.82, 2.24) is 0 Å². The lowest BCUT2D eigenvalue weighted by Crippen LogP contribution is -2.13. The maximum absolute atomic E-state index is 13.4. The Morgan fingerprint density at radius 3 is 2.07 bits per heavy atom. The second-order valence-electron chi connectivity index (χ2n) is 3.93. The highest BCUT2D eigenvalue weighted by atomic mass is 19.3. The van der Waals surface area contributed by atoms with Crippen molar-refractivity contribution < 1.29 is 13.5 Å². The number of rotatable bonds is 2.